The van der Waals surface area contributed by atoms with Crippen molar-refractivity contribution in [1.29, 1.82) is 0 Å². The van der Waals surface area contributed by atoms with Gasteiger partial charge in [0.2, 0.25) is 0 Å². The van der Waals surface area contributed by atoms with Gasteiger partial charge in [0.1, 0.15) is 6.04 Å². The zero-order valence-electron chi connectivity index (χ0n) is 10.4. The standard InChI is InChI=1S/C14H19NO2/c1-9-4-3-5-12(10(9)2)13(14(16)17)15-8-11-6-7-11/h3-5,11,13,15H,6-8H2,1-2H3,(H,16,17). The van der Waals surface area contributed by atoms with Crippen LogP contribution >= 0.6 is 0 Å². The average molecular weight is 233 g/mol. The fourth-order valence-electron chi connectivity index (χ4n) is 2.02. The Labute approximate surface area is 102 Å². The Morgan fingerprint density at radius 1 is 1.47 bits per heavy atom. The molecular formula is C14H19NO2. The average Bonchev–Trinajstić information content (AvgIpc) is 3.07. The number of benzene rings is 1. The molecule has 3 heteroatoms. The molecule has 1 fully saturated rings. The molecule has 1 atom stereocenters. The number of carboxylic acids is 1. The highest BCUT2D eigenvalue weighted by atomic mass is 16.4. The van der Waals surface area contributed by atoms with Crippen molar-refractivity contribution in [3.05, 3.63) is 34.9 Å². The van der Waals surface area contributed by atoms with E-state index in [1.54, 1.807) is 0 Å². The zero-order chi connectivity index (χ0) is 12.4. The summed E-state index contributed by atoms with van der Waals surface area (Å²) in [7, 11) is 0. The molecule has 1 aliphatic rings. The Balaban J connectivity index is 2.18. The minimum Gasteiger partial charge on any atom is -0.480 e. The molecule has 1 aromatic carbocycles. The molecular weight excluding hydrogens is 214 g/mol. The number of rotatable bonds is 5. The molecule has 3 nitrogen and oxygen atoms in total. The fourth-order valence-corrected chi connectivity index (χ4v) is 2.02. The Bertz CT molecular complexity index is 424. The maximum Gasteiger partial charge on any atom is 0.325 e. The number of aliphatic carboxylic acids is 1. The quantitative estimate of drug-likeness (QED) is 0.821. The van der Waals surface area contributed by atoms with Gasteiger partial charge < -0.3 is 10.4 Å². The van der Waals surface area contributed by atoms with Gasteiger partial charge in [-0.25, -0.2) is 0 Å². The molecule has 1 aliphatic carbocycles. The summed E-state index contributed by atoms with van der Waals surface area (Å²) in [4.78, 5) is 11.3. The highest BCUT2D eigenvalue weighted by Gasteiger charge is 2.26. The first kappa shape index (κ1) is 12.1. The third-order valence-electron chi connectivity index (χ3n) is 3.51. The number of nitrogens with one attached hydrogen (secondary N) is 1. The van der Waals surface area contributed by atoms with Crippen LogP contribution in [0.3, 0.4) is 0 Å². The summed E-state index contributed by atoms with van der Waals surface area (Å²) >= 11 is 0. The topological polar surface area (TPSA) is 49.3 Å². The maximum absolute atomic E-state index is 11.3. The van der Waals surface area contributed by atoms with E-state index in [1.807, 2.05) is 32.0 Å². The summed E-state index contributed by atoms with van der Waals surface area (Å²) in [6.45, 7) is 4.81. The van der Waals surface area contributed by atoms with Crippen LogP contribution in [0.25, 0.3) is 0 Å². The maximum atomic E-state index is 11.3. The van der Waals surface area contributed by atoms with E-state index in [0.717, 1.165) is 23.2 Å². The first-order valence-electron chi connectivity index (χ1n) is 6.12. The van der Waals surface area contributed by atoms with Gasteiger partial charge in [0.15, 0.2) is 0 Å². The van der Waals surface area contributed by atoms with Gasteiger partial charge in [-0.2, -0.15) is 0 Å². The molecule has 1 saturated carbocycles. The van der Waals surface area contributed by atoms with Crippen molar-refractivity contribution < 1.29 is 9.90 Å². The summed E-state index contributed by atoms with van der Waals surface area (Å²) in [5, 5.41) is 12.5. The Morgan fingerprint density at radius 3 is 2.76 bits per heavy atom. The van der Waals surface area contributed by atoms with E-state index in [0.29, 0.717) is 5.92 Å². The molecule has 0 spiro atoms. The lowest BCUT2D eigenvalue weighted by Crippen LogP contribution is -2.30. The molecule has 0 radical (unpaired) electrons. The van der Waals surface area contributed by atoms with Crippen molar-refractivity contribution in [3.8, 4) is 0 Å². The Kier molecular flexibility index (Phi) is 3.48. The first-order chi connectivity index (χ1) is 8.09. The lowest BCUT2D eigenvalue weighted by molar-refractivity contribution is -0.139. The lowest BCUT2D eigenvalue weighted by atomic mass is 9.97. The second-order valence-electron chi connectivity index (χ2n) is 4.91. The van der Waals surface area contributed by atoms with Crippen molar-refractivity contribution in [1.82, 2.24) is 5.32 Å². The zero-order valence-corrected chi connectivity index (χ0v) is 10.4. The van der Waals surface area contributed by atoms with Gasteiger partial charge in [0, 0.05) is 0 Å². The van der Waals surface area contributed by atoms with Crippen molar-refractivity contribution in [3.63, 3.8) is 0 Å². The summed E-state index contributed by atoms with van der Waals surface area (Å²) in [5.41, 5.74) is 3.10. The van der Waals surface area contributed by atoms with Crippen molar-refractivity contribution in [2.45, 2.75) is 32.7 Å². The van der Waals surface area contributed by atoms with Gasteiger partial charge in [-0.05, 0) is 55.8 Å². The predicted molar refractivity (Wildman–Crippen MR) is 67.0 cm³/mol. The predicted octanol–water partition coefficient (Wildman–Crippen LogP) is 2.43. The summed E-state index contributed by atoms with van der Waals surface area (Å²) in [5.74, 6) is -0.110. The van der Waals surface area contributed by atoms with Crippen LogP contribution in [0, 0.1) is 19.8 Å². The molecule has 0 aliphatic heterocycles. The molecule has 0 saturated heterocycles. The number of hydrogen-bond acceptors (Lipinski definition) is 2. The van der Waals surface area contributed by atoms with Gasteiger partial charge in [-0.1, -0.05) is 18.2 Å². The van der Waals surface area contributed by atoms with Gasteiger partial charge in [-0.15, -0.1) is 0 Å². The summed E-state index contributed by atoms with van der Waals surface area (Å²) in [6.07, 6.45) is 2.46. The number of carbonyl (C=O) groups is 1. The first-order valence-corrected chi connectivity index (χ1v) is 6.12. The highest BCUT2D eigenvalue weighted by molar-refractivity contribution is 5.76. The number of aryl methyl sites for hydroxylation is 1. The molecule has 0 bridgehead atoms. The Hall–Kier alpha value is -1.35. The smallest absolute Gasteiger partial charge is 0.325 e. The Morgan fingerprint density at radius 2 is 2.18 bits per heavy atom. The number of hydrogen-bond donors (Lipinski definition) is 2. The lowest BCUT2D eigenvalue weighted by Gasteiger charge is -2.18. The van der Waals surface area contributed by atoms with E-state index in [1.165, 1.54) is 12.8 Å². The molecule has 92 valence electrons. The molecule has 0 aromatic heterocycles. The van der Waals surface area contributed by atoms with Crippen LogP contribution in [0.1, 0.15) is 35.6 Å². The molecule has 1 aromatic rings. The minimum absolute atomic E-state index is 0.574. The van der Waals surface area contributed by atoms with Crippen molar-refractivity contribution in [2.24, 2.45) is 5.92 Å². The van der Waals surface area contributed by atoms with Gasteiger partial charge in [-0.3, -0.25) is 4.79 Å². The van der Waals surface area contributed by atoms with Crippen molar-refractivity contribution in [2.75, 3.05) is 6.54 Å². The summed E-state index contributed by atoms with van der Waals surface area (Å²) < 4.78 is 0. The highest BCUT2D eigenvalue weighted by Crippen LogP contribution is 2.29. The van der Waals surface area contributed by atoms with Crippen LogP contribution in [0.5, 0.6) is 0 Å². The fraction of sp³-hybridized carbons (Fsp3) is 0.500. The largest absolute Gasteiger partial charge is 0.480 e. The van der Waals surface area contributed by atoms with E-state index in [-0.39, 0.29) is 0 Å². The van der Waals surface area contributed by atoms with Gasteiger partial charge in [0.05, 0.1) is 0 Å². The molecule has 2 N–H and O–H groups in total. The van der Waals surface area contributed by atoms with Crippen molar-refractivity contribution >= 4 is 5.97 Å². The van der Waals surface area contributed by atoms with E-state index >= 15 is 0 Å². The molecule has 0 heterocycles. The van der Waals surface area contributed by atoms with E-state index < -0.39 is 12.0 Å². The molecule has 17 heavy (non-hydrogen) atoms. The van der Waals surface area contributed by atoms with Gasteiger partial charge in [0.25, 0.3) is 0 Å². The second-order valence-corrected chi connectivity index (χ2v) is 4.91. The molecule has 1 unspecified atom stereocenters. The van der Waals surface area contributed by atoms with Crippen LogP contribution in [-0.2, 0) is 4.79 Å². The van der Waals surface area contributed by atoms with Crippen LogP contribution in [-0.4, -0.2) is 17.6 Å². The molecule has 2 rings (SSSR count). The van der Waals surface area contributed by atoms with Gasteiger partial charge >= 0.3 is 5.97 Å². The summed E-state index contributed by atoms with van der Waals surface area (Å²) in [6, 6.07) is 5.27. The molecule has 0 amide bonds. The van der Waals surface area contributed by atoms with E-state index in [4.69, 9.17) is 0 Å². The van der Waals surface area contributed by atoms with Crippen LogP contribution in [0.4, 0.5) is 0 Å². The van der Waals surface area contributed by atoms with E-state index in [2.05, 4.69) is 5.32 Å². The SMILES string of the molecule is Cc1cccc(C(NCC2CC2)C(=O)O)c1C. The second kappa shape index (κ2) is 4.88. The normalized spacial score (nSPS) is 16.8. The van der Waals surface area contributed by atoms with Crippen LogP contribution < -0.4 is 5.32 Å². The minimum atomic E-state index is -0.792. The van der Waals surface area contributed by atoms with Crippen LogP contribution in [0.15, 0.2) is 18.2 Å². The third kappa shape index (κ3) is 2.86. The third-order valence-corrected chi connectivity index (χ3v) is 3.51. The van der Waals surface area contributed by atoms with E-state index in [9.17, 15) is 9.90 Å². The van der Waals surface area contributed by atoms with Crippen LogP contribution in [0.2, 0.25) is 0 Å². The number of carboxylic acid groups (broad SMARTS) is 1. The monoisotopic (exact) mass is 233 g/mol.